The van der Waals surface area contributed by atoms with Crippen molar-refractivity contribution in [1.82, 2.24) is 15.1 Å². The van der Waals surface area contributed by atoms with Gasteiger partial charge in [0.1, 0.15) is 0 Å². The molecule has 0 bridgehead atoms. The third-order valence-corrected chi connectivity index (χ3v) is 5.02. The van der Waals surface area contributed by atoms with Crippen LogP contribution in [0.25, 0.3) is 0 Å². The first-order valence-electron chi connectivity index (χ1n) is 10.2. The quantitative estimate of drug-likeness (QED) is 0.177. The molecule has 2 rings (SSSR count). The Balaban J connectivity index is 0.00000450. The molecule has 1 aliphatic rings. The minimum absolute atomic E-state index is 0. The Morgan fingerprint density at radius 2 is 1.87 bits per heavy atom. The number of hydrogen-bond acceptors (Lipinski definition) is 4. The van der Waals surface area contributed by atoms with Crippen LogP contribution in [0, 0.1) is 0 Å². The number of benzene rings is 1. The Morgan fingerprint density at radius 1 is 1.17 bits per heavy atom. The Bertz CT molecular complexity index is 709. The number of amides is 1. The zero-order valence-electron chi connectivity index (χ0n) is 17.7. The summed E-state index contributed by atoms with van der Waals surface area (Å²) in [6, 6.07) is 7.45. The molecule has 1 saturated heterocycles. The van der Waals surface area contributed by atoms with Crippen molar-refractivity contribution in [1.29, 1.82) is 0 Å². The highest BCUT2D eigenvalue weighted by molar-refractivity contribution is 14.0. The molecule has 0 saturated carbocycles. The van der Waals surface area contributed by atoms with Crippen molar-refractivity contribution in [3.63, 3.8) is 0 Å². The van der Waals surface area contributed by atoms with E-state index in [4.69, 9.17) is 11.6 Å². The fraction of sp³-hybridized carbons (Fsp3) is 0.571. The Hall–Kier alpha value is -1.55. The maximum absolute atomic E-state index is 12.6. The van der Waals surface area contributed by atoms with Crippen LogP contribution in [0.1, 0.15) is 31.7 Å². The topological polar surface area (TPSA) is 74.2 Å². The van der Waals surface area contributed by atoms with Crippen LogP contribution in [0.15, 0.2) is 29.3 Å². The molecular weight excluding hydrogens is 519 g/mol. The van der Waals surface area contributed by atoms with Gasteiger partial charge in [0.25, 0.3) is 0 Å². The summed E-state index contributed by atoms with van der Waals surface area (Å²) in [5, 5.41) is 3.97. The lowest BCUT2D eigenvalue weighted by Crippen LogP contribution is -2.54. The van der Waals surface area contributed by atoms with Gasteiger partial charge in [-0.15, -0.1) is 24.0 Å². The van der Waals surface area contributed by atoms with Crippen molar-refractivity contribution in [2.75, 3.05) is 46.4 Å². The maximum atomic E-state index is 12.6. The third-order valence-electron chi connectivity index (χ3n) is 4.79. The molecule has 1 aromatic rings. The molecule has 1 amide bonds. The van der Waals surface area contributed by atoms with E-state index in [2.05, 4.69) is 19.9 Å². The molecule has 1 fully saturated rings. The average Bonchev–Trinajstić information content (AvgIpc) is 2.72. The number of esters is 1. The number of halogens is 2. The van der Waals surface area contributed by atoms with Gasteiger partial charge in [-0.1, -0.05) is 23.7 Å². The van der Waals surface area contributed by atoms with Crippen molar-refractivity contribution >= 4 is 53.4 Å². The first-order valence-corrected chi connectivity index (χ1v) is 10.5. The standard InChI is InChI=1S/C21H31ClN4O3.HI/c1-3-23-21(24-10-5-4-9-20(28)29-2)26-13-11-25(12-14-26)19(27)16-17-7-6-8-18(22)15-17;/h6-8,15H,3-5,9-14,16H2,1-2H3,(H,23,24);1H. The number of piperazine rings is 1. The average molecular weight is 551 g/mol. The summed E-state index contributed by atoms with van der Waals surface area (Å²) in [6.45, 7) is 6.32. The molecule has 168 valence electrons. The highest BCUT2D eigenvalue weighted by Crippen LogP contribution is 2.13. The number of ether oxygens (including phenoxy) is 1. The number of carbonyl (C=O) groups is 2. The summed E-state index contributed by atoms with van der Waals surface area (Å²) in [7, 11) is 1.41. The summed E-state index contributed by atoms with van der Waals surface area (Å²) < 4.78 is 4.65. The number of nitrogens with zero attached hydrogens (tertiary/aromatic N) is 3. The van der Waals surface area contributed by atoms with E-state index >= 15 is 0 Å². The molecule has 0 radical (unpaired) electrons. The molecule has 7 nitrogen and oxygen atoms in total. The number of nitrogens with one attached hydrogen (secondary N) is 1. The van der Waals surface area contributed by atoms with Crippen molar-refractivity contribution in [3.05, 3.63) is 34.9 Å². The summed E-state index contributed by atoms with van der Waals surface area (Å²) in [5.41, 5.74) is 0.937. The van der Waals surface area contributed by atoms with Crippen LogP contribution in [0.4, 0.5) is 0 Å². The van der Waals surface area contributed by atoms with Crippen LogP contribution in [-0.4, -0.2) is 74.0 Å². The largest absolute Gasteiger partial charge is 0.469 e. The number of hydrogen-bond donors (Lipinski definition) is 1. The van der Waals surface area contributed by atoms with E-state index in [1.165, 1.54) is 7.11 Å². The zero-order valence-corrected chi connectivity index (χ0v) is 20.8. The van der Waals surface area contributed by atoms with Crippen LogP contribution < -0.4 is 5.32 Å². The monoisotopic (exact) mass is 550 g/mol. The number of rotatable bonds is 8. The van der Waals surface area contributed by atoms with E-state index in [1.807, 2.05) is 36.1 Å². The first kappa shape index (κ1) is 26.5. The molecule has 30 heavy (non-hydrogen) atoms. The highest BCUT2D eigenvalue weighted by Gasteiger charge is 2.23. The van der Waals surface area contributed by atoms with Gasteiger partial charge in [-0.05, 0) is 37.5 Å². The minimum Gasteiger partial charge on any atom is -0.469 e. The van der Waals surface area contributed by atoms with Gasteiger partial charge in [-0.25, -0.2) is 0 Å². The Labute approximate surface area is 201 Å². The lowest BCUT2D eigenvalue weighted by atomic mass is 10.1. The summed E-state index contributed by atoms with van der Waals surface area (Å²) >= 11 is 6.01. The van der Waals surface area contributed by atoms with Crippen molar-refractivity contribution < 1.29 is 14.3 Å². The van der Waals surface area contributed by atoms with Crippen LogP contribution in [0.5, 0.6) is 0 Å². The van der Waals surface area contributed by atoms with Crippen LogP contribution in [-0.2, 0) is 20.7 Å². The second-order valence-electron chi connectivity index (χ2n) is 6.94. The smallest absolute Gasteiger partial charge is 0.305 e. The molecule has 0 atom stereocenters. The molecule has 0 spiro atoms. The van der Waals surface area contributed by atoms with Crippen LogP contribution >= 0.6 is 35.6 Å². The molecule has 1 aliphatic heterocycles. The minimum atomic E-state index is -0.181. The second-order valence-corrected chi connectivity index (χ2v) is 7.38. The van der Waals surface area contributed by atoms with E-state index in [0.717, 1.165) is 44.0 Å². The fourth-order valence-corrected chi connectivity index (χ4v) is 3.41. The number of guanidine groups is 1. The number of unbranched alkanes of at least 4 members (excludes halogenated alkanes) is 1. The molecular formula is C21H32ClIN4O3. The zero-order chi connectivity index (χ0) is 21.1. The van der Waals surface area contributed by atoms with Gasteiger partial charge < -0.3 is 19.9 Å². The molecule has 1 aromatic carbocycles. The normalized spacial score (nSPS) is 14.2. The molecule has 0 aliphatic carbocycles. The highest BCUT2D eigenvalue weighted by atomic mass is 127. The lowest BCUT2D eigenvalue weighted by Gasteiger charge is -2.36. The van der Waals surface area contributed by atoms with Gasteiger partial charge in [0.2, 0.25) is 5.91 Å². The van der Waals surface area contributed by atoms with Gasteiger partial charge >= 0.3 is 5.97 Å². The van der Waals surface area contributed by atoms with Gasteiger partial charge in [0.15, 0.2) is 5.96 Å². The second kappa shape index (κ2) is 14.5. The van der Waals surface area contributed by atoms with Gasteiger partial charge in [-0.3, -0.25) is 14.6 Å². The molecule has 0 unspecified atom stereocenters. The summed E-state index contributed by atoms with van der Waals surface area (Å²) in [6.07, 6.45) is 2.40. The molecule has 9 heteroatoms. The number of carbonyl (C=O) groups excluding carboxylic acids is 2. The van der Waals surface area contributed by atoms with E-state index in [9.17, 15) is 9.59 Å². The van der Waals surface area contributed by atoms with Crippen molar-refractivity contribution in [2.24, 2.45) is 4.99 Å². The number of aliphatic imine (C=N–C) groups is 1. The predicted molar refractivity (Wildman–Crippen MR) is 131 cm³/mol. The van der Waals surface area contributed by atoms with E-state index in [0.29, 0.717) is 37.5 Å². The Morgan fingerprint density at radius 3 is 2.50 bits per heavy atom. The van der Waals surface area contributed by atoms with Crippen LogP contribution in [0.2, 0.25) is 5.02 Å². The van der Waals surface area contributed by atoms with E-state index < -0.39 is 0 Å². The fourth-order valence-electron chi connectivity index (χ4n) is 3.19. The lowest BCUT2D eigenvalue weighted by molar-refractivity contribution is -0.140. The SMILES string of the molecule is CCNC(=NCCCCC(=O)OC)N1CCN(C(=O)Cc2cccc(Cl)c2)CC1.I. The third kappa shape index (κ3) is 9.07. The molecule has 1 N–H and O–H groups in total. The summed E-state index contributed by atoms with van der Waals surface area (Å²) in [5.74, 6) is 0.809. The van der Waals surface area contributed by atoms with Gasteiger partial charge in [0.05, 0.1) is 13.5 Å². The van der Waals surface area contributed by atoms with Gasteiger partial charge in [-0.2, -0.15) is 0 Å². The maximum Gasteiger partial charge on any atom is 0.305 e. The molecule has 1 heterocycles. The summed E-state index contributed by atoms with van der Waals surface area (Å²) in [4.78, 5) is 32.5. The van der Waals surface area contributed by atoms with E-state index in [-0.39, 0.29) is 35.9 Å². The van der Waals surface area contributed by atoms with E-state index in [1.54, 1.807) is 0 Å². The first-order chi connectivity index (χ1) is 14.0. The Kier molecular flexibility index (Phi) is 12.8. The van der Waals surface area contributed by atoms with Crippen molar-refractivity contribution in [3.8, 4) is 0 Å². The van der Waals surface area contributed by atoms with Crippen LogP contribution in [0.3, 0.4) is 0 Å². The molecule has 0 aromatic heterocycles. The number of methoxy groups -OCH3 is 1. The van der Waals surface area contributed by atoms with Gasteiger partial charge in [0, 0.05) is 50.7 Å². The van der Waals surface area contributed by atoms with Crippen molar-refractivity contribution in [2.45, 2.75) is 32.6 Å². The predicted octanol–water partition coefficient (Wildman–Crippen LogP) is 2.95.